The van der Waals surface area contributed by atoms with Crippen molar-refractivity contribution in [3.8, 4) is 5.75 Å². The summed E-state index contributed by atoms with van der Waals surface area (Å²) in [6, 6.07) is 5.57. The Balaban J connectivity index is 1.50. The van der Waals surface area contributed by atoms with Gasteiger partial charge < -0.3 is 19.6 Å². The number of hydrogen-bond acceptors (Lipinski definition) is 4. The molecule has 7 heteroatoms. The fourth-order valence-electron chi connectivity index (χ4n) is 3.07. The summed E-state index contributed by atoms with van der Waals surface area (Å²) in [5.41, 5.74) is -1.13. The Kier molecular flexibility index (Phi) is 4.71. The Morgan fingerprint density at radius 2 is 2.04 bits per heavy atom. The average Bonchev–Trinajstić information content (AvgIpc) is 3.14. The number of carbonyl (C=O) groups excluding carboxylic acids is 2. The summed E-state index contributed by atoms with van der Waals surface area (Å²) in [5, 5.41) is 10.6. The van der Waals surface area contributed by atoms with Gasteiger partial charge in [-0.05, 0) is 37.1 Å². The van der Waals surface area contributed by atoms with Crippen molar-refractivity contribution < 1.29 is 23.8 Å². The van der Waals surface area contributed by atoms with Crippen LogP contribution in [0.4, 0.5) is 4.39 Å². The van der Waals surface area contributed by atoms with Gasteiger partial charge in [-0.3, -0.25) is 9.59 Å². The van der Waals surface area contributed by atoms with Crippen LogP contribution in [-0.2, 0) is 9.59 Å². The predicted octanol–water partition coefficient (Wildman–Crippen LogP) is 0.790. The van der Waals surface area contributed by atoms with Gasteiger partial charge >= 0.3 is 0 Å². The molecule has 0 saturated carbocycles. The highest BCUT2D eigenvalue weighted by Crippen LogP contribution is 2.24. The van der Waals surface area contributed by atoms with Crippen LogP contribution in [0.5, 0.6) is 5.75 Å². The molecule has 6 nitrogen and oxygen atoms in total. The van der Waals surface area contributed by atoms with E-state index in [1.54, 1.807) is 9.80 Å². The highest BCUT2D eigenvalue weighted by atomic mass is 19.1. The van der Waals surface area contributed by atoms with E-state index >= 15 is 0 Å². The second-order valence-electron chi connectivity index (χ2n) is 6.45. The number of β-amino-alcohol motifs (C(OH)–C–C–N with tert-alkyl or cyclic N) is 1. The molecule has 0 aliphatic carbocycles. The van der Waals surface area contributed by atoms with Gasteiger partial charge in [0.2, 0.25) is 11.8 Å². The standard InChI is InChI=1S/C17H21FN2O4/c18-13-3-5-14(6-4-13)24-12-17(23)7-9-20(11-17)16(22)10-19-8-1-2-15(19)21/h3-6,23H,1-2,7-12H2/t17-/m0/s1. The smallest absolute Gasteiger partial charge is 0.242 e. The maximum Gasteiger partial charge on any atom is 0.242 e. The van der Waals surface area contributed by atoms with Crippen LogP contribution in [0.1, 0.15) is 19.3 Å². The number of likely N-dealkylation sites (tertiary alicyclic amines) is 2. The van der Waals surface area contributed by atoms with E-state index in [4.69, 9.17) is 4.74 Å². The SMILES string of the molecule is O=C1CCCN1CC(=O)N1CC[C@@](O)(COc2ccc(F)cc2)C1. The number of halogens is 1. The van der Waals surface area contributed by atoms with Crippen molar-refractivity contribution in [2.24, 2.45) is 0 Å². The van der Waals surface area contributed by atoms with E-state index in [0.717, 1.165) is 6.42 Å². The average molecular weight is 336 g/mol. The van der Waals surface area contributed by atoms with Crippen molar-refractivity contribution in [2.45, 2.75) is 24.9 Å². The van der Waals surface area contributed by atoms with Gasteiger partial charge in [0.15, 0.2) is 0 Å². The van der Waals surface area contributed by atoms with Gasteiger partial charge in [-0.1, -0.05) is 0 Å². The molecule has 1 aromatic carbocycles. The van der Waals surface area contributed by atoms with Crippen LogP contribution in [0, 0.1) is 5.82 Å². The minimum atomic E-state index is -1.13. The molecule has 0 bridgehead atoms. The molecule has 2 heterocycles. The summed E-state index contributed by atoms with van der Waals surface area (Å²) in [6.45, 7) is 1.34. The normalized spacial score (nSPS) is 23.8. The molecule has 2 fully saturated rings. The molecule has 0 aromatic heterocycles. The van der Waals surface area contributed by atoms with Gasteiger partial charge in [-0.25, -0.2) is 4.39 Å². The fraction of sp³-hybridized carbons (Fsp3) is 0.529. The van der Waals surface area contributed by atoms with Crippen molar-refractivity contribution in [2.75, 3.05) is 32.8 Å². The monoisotopic (exact) mass is 336 g/mol. The van der Waals surface area contributed by atoms with Crippen LogP contribution < -0.4 is 4.74 Å². The van der Waals surface area contributed by atoms with Crippen LogP contribution >= 0.6 is 0 Å². The highest BCUT2D eigenvalue weighted by molar-refractivity contribution is 5.86. The quantitative estimate of drug-likeness (QED) is 0.863. The first-order chi connectivity index (χ1) is 11.5. The molecule has 2 aliphatic heterocycles. The predicted molar refractivity (Wildman–Crippen MR) is 83.9 cm³/mol. The molecule has 3 rings (SSSR count). The maximum absolute atomic E-state index is 12.9. The summed E-state index contributed by atoms with van der Waals surface area (Å²) < 4.78 is 18.4. The third-order valence-corrected chi connectivity index (χ3v) is 4.50. The fourth-order valence-corrected chi connectivity index (χ4v) is 3.07. The van der Waals surface area contributed by atoms with E-state index in [-0.39, 0.29) is 37.3 Å². The first kappa shape index (κ1) is 16.7. The molecule has 24 heavy (non-hydrogen) atoms. The number of benzene rings is 1. The van der Waals surface area contributed by atoms with Crippen LogP contribution in [0.3, 0.4) is 0 Å². The van der Waals surface area contributed by atoms with Gasteiger partial charge in [0.1, 0.15) is 23.8 Å². The lowest BCUT2D eigenvalue weighted by Crippen LogP contribution is -2.44. The Labute approximate surface area is 139 Å². The zero-order valence-corrected chi connectivity index (χ0v) is 13.4. The molecule has 130 valence electrons. The van der Waals surface area contributed by atoms with Gasteiger partial charge in [0, 0.05) is 19.5 Å². The van der Waals surface area contributed by atoms with E-state index < -0.39 is 5.60 Å². The molecule has 2 aliphatic rings. The summed E-state index contributed by atoms with van der Waals surface area (Å²) in [5.74, 6) is -0.0205. The van der Waals surface area contributed by atoms with Crippen LogP contribution in [-0.4, -0.2) is 65.1 Å². The number of aliphatic hydroxyl groups is 1. The van der Waals surface area contributed by atoms with Gasteiger partial charge in [-0.15, -0.1) is 0 Å². The van der Waals surface area contributed by atoms with Gasteiger partial charge in [0.05, 0.1) is 13.1 Å². The second-order valence-corrected chi connectivity index (χ2v) is 6.45. The number of carbonyl (C=O) groups is 2. The van der Waals surface area contributed by atoms with E-state index in [1.807, 2.05) is 0 Å². The summed E-state index contributed by atoms with van der Waals surface area (Å²) >= 11 is 0. The highest BCUT2D eigenvalue weighted by Gasteiger charge is 2.39. The van der Waals surface area contributed by atoms with Crippen LogP contribution in [0.2, 0.25) is 0 Å². The van der Waals surface area contributed by atoms with Crippen molar-refractivity contribution in [3.05, 3.63) is 30.1 Å². The lowest BCUT2D eigenvalue weighted by atomic mass is 10.1. The Morgan fingerprint density at radius 3 is 2.71 bits per heavy atom. The number of rotatable bonds is 5. The Bertz CT molecular complexity index is 622. The molecule has 0 unspecified atom stereocenters. The van der Waals surface area contributed by atoms with E-state index in [1.165, 1.54) is 24.3 Å². The van der Waals surface area contributed by atoms with Crippen LogP contribution in [0.15, 0.2) is 24.3 Å². The lowest BCUT2D eigenvalue weighted by molar-refractivity contribution is -0.138. The van der Waals surface area contributed by atoms with Gasteiger partial charge in [-0.2, -0.15) is 0 Å². The number of hydrogen-bond donors (Lipinski definition) is 1. The molecule has 2 amide bonds. The third kappa shape index (κ3) is 3.84. The number of ether oxygens (including phenoxy) is 1. The van der Waals surface area contributed by atoms with Crippen molar-refractivity contribution in [1.82, 2.24) is 9.80 Å². The molecule has 1 atom stereocenters. The van der Waals surface area contributed by atoms with Crippen molar-refractivity contribution in [1.29, 1.82) is 0 Å². The molecule has 0 spiro atoms. The largest absolute Gasteiger partial charge is 0.491 e. The minimum absolute atomic E-state index is 0.0115. The summed E-state index contributed by atoms with van der Waals surface area (Å²) in [6.07, 6.45) is 1.71. The topological polar surface area (TPSA) is 70.1 Å². The van der Waals surface area contributed by atoms with E-state index in [9.17, 15) is 19.1 Å². The molecule has 1 aromatic rings. The molecule has 1 N–H and O–H groups in total. The molecular formula is C17H21FN2O4. The summed E-state index contributed by atoms with van der Waals surface area (Å²) in [4.78, 5) is 27.0. The molecular weight excluding hydrogens is 315 g/mol. The van der Waals surface area contributed by atoms with E-state index in [0.29, 0.717) is 31.7 Å². The number of amides is 2. The Morgan fingerprint density at radius 1 is 1.29 bits per heavy atom. The molecule has 2 saturated heterocycles. The lowest BCUT2D eigenvalue weighted by Gasteiger charge is -2.25. The third-order valence-electron chi connectivity index (χ3n) is 4.50. The zero-order chi connectivity index (χ0) is 17.2. The summed E-state index contributed by atoms with van der Waals surface area (Å²) in [7, 11) is 0. The number of nitrogens with zero attached hydrogens (tertiary/aromatic N) is 2. The van der Waals surface area contributed by atoms with Crippen molar-refractivity contribution in [3.63, 3.8) is 0 Å². The van der Waals surface area contributed by atoms with Crippen molar-refractivity contribution >= 4 is 11.8 Å². The zero-order valence-electron chi connectivity index (χ0n) is 13.4. The second kappa shape index (κ2) is 6.76. The molecule has 0 radical (unpaired) electrons. The first-order valence-corrected chi connectivity index (χ1v) is 8.11. The minimum Gasteiger partial charge on any atom is -0.491 e. The van der Waals surface area contributed by atoms with E-state index in [2.05, 4.69) is 0 Å². The maximum atomic E-state index is 12.9. The van der Waals surface area contributed by atoms with Gasteiger partial charge in [0.25, 0.3) is 0 Å². The Hall–Kier alpha value is -2.15. The van der Waals surface area contributed by atoms with Crippen LogP contribution in [0.25, 0.3) is 0 Å². The first-order valence-electron chi connectivity index (χ1n) is 8.11.